The maximum Gasteiger partial charge on any atom is 0.184 e. The fourth-order valence-corrected chi connectivity index (χ4v) is 3.46. The number of aliphatic hydroxyl groups excluding tert-OH is 1. The van der Waals surface area contributed by atoms with Crippen molar-refractivity contribution in [2.24, 2.45) is 0 Å². The van der Waals surface area contributed by atoms with Crippen LogP contribution in [-0.4, -0.2) is 23.4 Å². The van der Waals surface area contributed by atoms with Crippen molar-refractivity contribution < 1.29 is 14.6 Å². The molecule has 1 fully saturated rings. The van der Waals surface area contributed by atoms with Crippen LogP contribution in [0.2, 0.25) is 0 Å². The van der Waals surface area contributed by atoms with Crippen LogP contribution in [0.5, 0.6) is 0 Å². The van der Waals surface area contributed by atoms with Gasteiger partial charge in [-0.1, -0.05) is 75.4 Å². The van der Waals surface area contributed by atoms with Gasteiger partial charge < -0.3 is 14.6 Å². The van der Waals surface area contributed by atoms with E-state index < -0.39 is 0 Å². The second kappa shape index (κ2) is 11.5. The second-order valence-electron chi connectivity index (χ2n) is 7.11. The quantitative estimate of drug-likeness (QED) is 0.422. The normalized spacial score (nSPS) is 24.8. The van der Waals surface area contributed by atoms with Gasteiger partial charge in [0.1, 0.15) is 0 Å². The number of rotatable bonds is 11. The molecule has 25 heavy (non-hydrogen) atoms. The lowest BCUT2D eigenvalue weighted by Crippen LogP contribution is -2.35. The van der Waals surface area contributed by atoms with E-state index in [-0.39, 0.29) is 24.6 Å². The highest BCUT2D eigenvalue weighted by atomic mass is 16.7. The third kappa shape index (κ3) is 7.31. The Hall–Kier alpha value is -1.16. The summed E-state index contributed by atoms with van der Waals surface area (Å²) in [4.78, 5) is 0. The number of hydrogen-bond donors (Lipinski definition) is 1. The molecule has 0 spiro atoms. The van der Waals surface area contributed by atoms with Crippen LogP contribution in [0.1, 0.15) is 76.6 Å². The van der Waals surface area contributed by atoms with Gasteiger partial charge in [0.25, 0.3) is 0 Å². The maximum atomic E-state index is 10.1. The van der Waals surface area contributed by atoms with Gasteiger partial charge in [0.05, 0.1) is 18.3 Å². The molecule has 0 aromatic heterocycles. The average molecular weight is 347 g/mol. The first kappa shape index (κ1) is 20.2. The van der Waals surface area contributed by atoms with Gasteiger partial charge in [0.15, 0.2) is 6.29 Å². The Bertz CT molecular complexity index is 473. The fraction of sp³-hybridized carbons (Fsp3) is 0.636. The van der Waals surface area contributed by atoms with Crippen LogP contribution in [0, 0.1) is 0 Å². The van der Waals surface area contributed by atoms with Gasteiger partial charge in [-0.3, -0.25) is 0 Å². The lowest BCUT2D eigenvalue weighted by atomic mass is 9.98. The number of unbranched alkanes of at least 4 members (excludes halogenated alkanes) is 4. The Morgan fingerprint density at radius 3 is 2.56 bits per heavy atom. The Morgan fingerprint density at radius 1 is 1.12 bits per heavy atom. The number of aliphatic hydroxyl groups is 1. The molecule has 0 amide bonds. The van der Waals surface area contributed by atoms with Crippen molar-refractivity contribution in [1.29, 1.82) is 0 Å². The van der Waals surface area contributed by atoms with Crippen LogP contribution in [-0.2, 0) is 9.47 Å². The minimum Gasteiger partial charge on any atom is -0.393 e. The summed E-state index contributed by atoms with van der Waals surface area (Å²) in [6, 6.07) is 10.1. The van der Waals surface area contributed by atoms with Gasteiger partial charge in [0, 0.05) is 18.4 Å². The minimum absolute atomic E-state index is 0.0366. The van der Waals surface area contributed by atoms with Crippen LogP contribution in [0.15, 0.2) is 43.0 Å². The Morgan fingerprint density at radius 2 is 1.84 bits per heavy atom. The van der Waals surface area contributed by atoms with Gasteiger partial charge in [-0.15, -0.1) is 6.58 Å². The molecular formula is C22H34O3. The molecule has 3 nitrogen and oxygen atoms in total. The average Bonchev–Trinajstić information content (AvgIpc) is 2.62. The molecule has 4 atom stereocenters. The Balaban J connectivity index is 1.92. The molecule has 2 rings (SSSR count). The van der Waals surface area contributed by atoms with Crippen LogP contribution in [0.4, 0.5) is 0 Å². The first-order valence-electron chi connectivity index (χ1n) is 9.87. The van der Waals surface area contributed by atoms with Crippen molar-refractivity contribution in [3.05, 3.63) is 48.6 Å². The summed E-state index contributed by atoms with van der Waals surface area (Å²) in [5.41, 5.74) is 1.06. The largest absolute Gasteiger partial charge is 0.393 e. The summed E-state index contributed by atoms with van der Waals surface area (Å²) in [5.74, 6) is 0. The Kier molecular flexibility index (Phi) is 9.23. The van der Waals surface area contributed by atoms with Crippen LogP contribution < -0.4 is 0 Å². The molecule has 1 N–H and O–H groups in total. The van der Waals surface area contributed by atoms with E-state index in [0.717, 1.165) is 18.4 Å². The first-order chi connectivity index (χ1) is 12.2. The van der Waals surface area contributed by atoms with Crippen molar-refractivity contribution in [1.82, 2.24) is 0 Å². The first-order valence-corrected chi connectivity index (χ1v) is 9.87. The summed E-state index contributed by atoms with van der Waals surface area (Å²) in [6.45, 7) is 5.95. The zero-order chi connectivity index (χ0) is 17.9. The van der Waals surface area contributed by atoms with E-state index >= 15 is 0 Å². The van der Waals surface area contributed by atoms with E-state index in [1.165, 1.54) is 32.1 Å². The molecular weight excluding hydrogens is 312 g/mol. The highest BCUT2D eigenvalue weighted by Gasteiger charge is 2.31. The van der Waals surface area contributed by atoms with Gasteiger partial charge in [-0.05, 0) is 12.8 Å². The smallest absolute Gasteiger partial charge is 0.184 e. The minimum atomic E-state index is -0.387. The predicted octanol–water partition coefficient (Wildman–Crippen LogP) is 5.55. The van der Waals surface area contributed by atoms with Crippen molar-refractivity contribution in [3.8, 4) is 0 Å². The SMILES string of the molecule is C=CC[C@@H](O)C[C@H]1C[C@@H](CCCCCCC)O[C@@H](c2ccccc2)O1. The van der Waals surface area contributed by atoms with Gasteiger partial charge in [0.2, 0.25) is 0 Å². The lowest BCUT2D eigenvalue weighted by molar-refractivity contribution is -0.253. The van der Waals surface area contributed by atoms with Crippen molar-refractivity contribution >= 4 is 0 Å². The maximum absolute atomic E-state index is 10.1. The highest BCUT2D eigenvalue weighted by molar-refractivity contribution is 5.16. The zero-order valence-electron chi connectivity index (χ0n) is 15.6. The standard InChI is InChI=1S/C22H34O3/c1-3-5-6-7-11-15-20-17-21(16-19(23)12-4-2)25-22(24-20)18-13-9-8-10-14-18/h4,8-10,13-14,19-23H,2-3,5-7,11-12,15-17H2,1H3/t19-,20-,21+,22-/m1/s1. The summed E-state index contributed by atoms with van der Waals surface area (Å²) < 4.78 is 12.4. The van der Waals surface area contributed by atoms with E-state index in [1.54, 1.807) is 6.08 Å². The molecule has 1 aliphatic rings. The third-order valence-corrected chi connectivity index (χ3v) is 4.83. The highest BCUT2D eigenvalue weighted by Crippen LogP contribution is 2.33. The molecule has 0 unspecified atom stereocenters. The van der Waals surface area contributed by atoms with E-state index in [1.807, 2.05) is 30.3 Å². The number of hydrogen-bond acceptors (Lipinski definition) is 3. The molecule has 0 bridgehead atoms. The number of ether oxygens (including phenoxy) is 2. The topological polar surface area (TPSA) is 38.7 Å². The van der Waals surface area contributed by atoms with Crippen LogP contribution in [0.25, 0.3) is 0 Å². The Labute approximate surface area is 153 Å². The van der Waals surface area contributed by atoms with Crippen molar-refractivity contribution in [3.63, 3.8) is 0 Å². The van der Waals surface area contributed by atoms with Crippen molar-refractivity contribution in [2.45, 2.75) is 89.3 Å². The molecule has 140 valence electrons. The fourth-order valence-electron chi connectivity index (χ4n) is 3.46. The monoisotopic (exact) mass is 346 g/mol. The molecule has 1 aliphatic heterocycles. The second-order valence-corrected chi connectivity index (χ2v) is 7.11. The molecule has 1 saturated heterocycles. The summed E-state index contributed by atoms with van der Waals surface area (Å²) in [7, 11) is 0. The molecule has 0 saturated carbocycles. The van der Waals surface area contributed by atoms with E-state index in [4.69, 9.17) is 9.47 Å². The molecule has 1 heterocycles. The zero-order valence-corrected chi connectivity index (χ0v) is 15.6. The van der Waals surface area contributed by atoms with E-state index in [2.05, 4.69) is 13.5 Å². The molecule has 1 aromatic carbocycles. The van der Waals surface area contributed by atoms with Gasteiger partial charge >= 0.3 is 0 Å². The summed E-state index contributed by atoms with van der Waals surface area (Å²) in [6.07, 6.45) is 10.9. The lowest BCUT2D eigenvalue weighted by Gasteiger charge is -2.37. The van der Waals surface area contributed by atoms with Crippen LogP contribution in [0.3, 0.4) is 0 Å². The van der Waals surface area contributed by atoms with E-state index in [9.17, 15) is 5.11 Å². The van der Waals surface area contributed by atoms with E-state index in [0.29, 0.717) is 12.8 Å². The van der Waals surface area contributed by atoms with Gasteiger partial charge in [-0.25, -0.2) is 0 Å². The molecule has 1 aromatic rings. The van der Waals surface area contributed by atoms with Crippen LogP contribution >= 0.6 is 0 Å². The predicted molar refractivity (Wildman–Crippen MR) is 102 cm³/mol. The summed E-state index contributed by atoms with van der Waals surface area (Å²) >= 11 is 0. The number of benzene rings is 1. The van der Waals surface area contributed by atoms with Crippen molar-refractivity contribution in [2.75, 3.05) is 0 Å². The van der Waals surface area contributed by atoms with Gasteiger partial charge in [-0.2, -0.15) is 0 Å². The molecule has 0 aliphatic carbocycles. The third-order valence-electron chi connectivity index (χ3n) is 4.83. The summed E-state index contributed by atoms with van der Waals surface area (Å²) in [5, 5.41) is 10.1. The molecule has 3 heteroatoms. The molecule has 0 radical (unpaired) electrons.